The third-order valence-electron chi connectivity index (χ3n) is 5.51. The lowest BCUT2D eigenvalue weighted by molar-refractivity contribution is -0.137. The summed E-state index contributed by atoms with van der Waals surface area (Å²) in [6, 6.07) is 26.2. The van der Waals surface area contributed by atoms with Crippen molar-refractivity contribution >= 4 is 35.0 Å². The van der Waals surface area contributed by atoms with Gasteiger partial charge in [0, 0.05) is 24.3 Å². The van der Waals surface area contributed by atoms with Crippen molar-refractivity contribution in [2.45, 2.75) is 12.8 Å². The molecule has 1 aliphatic rings. The van der Waals surface area contributed by atoms with Crippen LogP contribution in [0.3, 0.4) is 0 Å². The van der Waals surface area contributed by atoms with Crippen LogP contribution >= 0.6 is 11.6 Å². The predicted octanol–water partition coefficient (Wildman–Crippen LogP) is 4.13. The Morgan fingerprint density at radius 1 is 0.794 bits per heavy atom. The van der Waals surface area contributed by atoms with Crippen molar-refractivity contribution in [2.24, 2.45) is 0 Å². The standard InChI is InChI=1S/C27H24ClN3O3/c28-23-24(27(34)31(26(23)33)17-15-20-10-5-2-6-11-20)30-22-13-7-12-21(18-22)25(32)29-16-14-19-8-3-1-4-9-19/h1-13,18,30H,14-17H2,(H,29,32). The first-order valence-electron chi connectivity index (χ1n) is 11.0. The number of benzene rings is 3. The monoisotopic (exact) mass is 473 g/mol. The normalized spacial score (nSPS) is 13.4. The molecule has 0 aromatic heterocycles. The summed E-state index contributed by atoms with van der Waals surface area (Å²) < 4.78 is 0. The number of hydrogen-bond acceptors (Lipinski definition) is 4. The van der Waals surface area contributed by atoms with E-state index >= 15 is 0 Å². The molecule has 0 fully saturated rings. The number of nitrogens with one attached hydrogen (secondary N) is 2. The highest BCUT2D eigenvalue weighted by molar-refractivity contribution is 6.48. The fourth-order valence-electron chi connectivity index (χ4n) is 3.69. The molecular weight excluding hydrogens is 450 g/mol. The van der Waals surface area contributed by atoms with Crippen LogP contribution < -0.4 is 10.6 Å². The maximum absolute atomic E-state index is 12.9. The fourth-order valence-corrected chi connectivity index (χ4v) is 3.92. The van der Waals surface area contributed by atoms with E-state index in [2.05, 4.69) is 10.6 Å². The molecule has 3 aromatic carbocycles. The molecule has 1 aliphatic heterocycles. The molecule has 0 bridgehead atoms. The second kappa shape index (κ2) is 10.8. The number of nitrogens with zero attached hydrogens (tertiary/aromatic N) is 1. The number of halogens is 1. The molecule has 4 rings (SSSR count). The minimum absolute atomic E-state index is 0.0152. The number of rotatable bonds is 9. The molecule has 0 spiro atoms. The van der Waals surface area contributed by atoms with Gasteiger partial charge >= 0.3 is 0 Å². The van der Waals surface area contributed by atoms with Crippen molar-refractivity contribution in [1.29, 1.82) is 0 Å². The van der Waals surface area contributed by atoms with Crippen LogP contribution in [0.1, 0.15) is 21.5 Å². The topological polar surface area (TPSA) is 78.5 Å². The first-order chi connectivity index (χ1) is 16.5. The lowest BCUT2D eigenvalue weighted by atomic mass is 10.1. The first kappa shape index (κ1) is 23.3. The smallest absolute Gasteiger partial charge is 0.278 e. The van der Waals surface area contributed by atoms with Crippen LogP contribution in [0.2, 0.25) is 0 Å². The van der Waals surface area contributed by atoms with Crippen molar-refractivity contribution in [2.75, 3.05) is 18.4 Å². The number of amides is 3. The Hall–Kier alpha value is -3.90. The lowest BCUT2D eigenvalue weighted by Crippen LogP contribution is -2.34. The van der Waals surface area contributed by atoms with Gasteiger partial charge in [0.1, 0.15) is 10.7 Å². The quantitative estimate of drug-likeness (QED) is 0.458. The van der Waals surface area contributed by atoms with Crippen LogP contribution in [-0.2, 0) is 22.4 Å². The van der Waals surface area contributed by atoms with Gasteiger partial charge in [0.15, 0.2) is 0 Å². The zero-order valence-electron chi connectivity index (χ0n) is 18.5. The summed E-state index contributed by atoms with van der Waals surface area (Å²) in [6.45, 7) is 0.730. The SMILES string of the molecule is O=C(NCCc1ccccc1)c1cccc(NC2=C(Cl)C(=O)N(CCc3ccccc3)C2=O)c1. The van der Waals surface area contributed by atoms with Gasteiger partial charge in [0.25, 0.3) is 17.7 Å². The Balaban J connectivity index is 1.37. The first-order valence-corrected chi connectivity index (χ1v) is 11.4. The van der Waals surface area contributed by atoms with E-state index in [1.54, 1.807) is 24.3 Å². The molecule has 0 radical (unpaired) electrons. The summed E-state index contributed by atoms with van der Waals surface area (Å²) in [6.07, 6.45) is 1.26. The average molecular weight is 474 g/mol. The Morgan fingerprint density at radius 2 is 1.44 bits per heavy atom. The lowest BCUT2D eigenvalue weighted by Gasteiger charge is -2.15. The summed E-state index contributed by atoms with van der Waals surface area (Å²) in [4.78, 5) is 39.1. The van der Waals surface area contributed by atoms with Gasteiger partial charge in [-0.1, -0.05) is 78.3 Å². The van der Waals surface area contributed by atoms with E-state index in [9.17, 15) is 14.4 Å². The third kappa shape index (κ3) is 5.53. The Morgan fingerprint density at radius 3 is 2.12 bits per heavy atom. The highest BCUT2D eigenvalue weighted by Crippen LogP contribution is 2.26. The highest BCUT2D eigenvalue weighted by Gasteiger charge is 2.37. The van der Waals surface area contributed by atoms with Crippen molar-refractivity contribution in [1.82, 2.24) is 10.2 Å². The summed E-state index contributed by atoms with van der Waals surface area (Å²) in [5.74, 6) is -1.23. The predicted molar refractivity (Wildman–Crippen MR) is 132 cm³/mol. The van der Waals surface area contributed by atoms with E-state index in [4.69, 9.17) is 11.6 Å². The molecule has 7 heteroatoms. The van der Waals surface area contributed by atoms with E-state index in [0.717, 1.165) is 22.4 Å². The van der Waals surface area contributed by atoms with Crippen molar-refractivity contribution < 1.29 is 14.4 Å². The largest absolute Gasteiger partial charge is 0.352 e. The van der Waals surface area contributed by atoms with Crippen LogP contribution in [0.5, 0.6) is 0 Å². The molecule has 3 aromatic rings. The fraction of sp³-hybridized carbons (Fsp3) is 0.148. The summed E-state index contributed by atoms with van der Waals surface area (Å²) in [5, 5.41) is 5.67. The van der Waals surface area contributed by atoms with Crippen LogP contribution in [0, 0.1) is 0 Å². The molecule has 2 N–H and O–H groups in total. The molecule has 172 valence electrons. The van der Waals surface area contributed by atoms with E-state index in [1.807, 2.05) is 60.7 Å². The highest BCUT2D eigenvalue weighted by atomic mass is 35.5. The van der Waals surface area contributed by atoms with Gasteiger partial charge < -0.3 is 10.6 Å². The van der Waals surface area contributed by atoms with Crippen molar-refractivity contribution in [3.63, 3.8) is 0 Å². The molecule has 0 aliphatic carbocycles. The van der Waals surface area contributed by atoms with Crippen LogP contribution in [-0.4, -0.2) is 35.7 Å². The average Bonchev–Trinajstić information content (AvgIpc) is 3.07. The summed E-state index contributed by atoms with van der Waals surface area (Å²) in [5.41, 5.74) is 3.11. The summed E-state index contributed by atoms with van der Waals surface area (Å²) in [7, 11) is 0. The Kier molecular flexibility index (Phi) is 7.40. The van der Waals surface area contributed by atoms with Crippen LogP contribution in [0.4, 0.5) is 5.69 Å². The molecule has 0 saturated carbocycles. The molecule has 0 saturated heterocycles. The van der Waals surface area contributed by atoms with Gasteiger partial charge in [0.05, 0.1) is 0 Å². The molecule has 6 nitrogen and oxygen atoms in total. The van der Waals surface area contributed by atoms with E-state index < -0.39 is 11.8 Å². The number of carbonyl (C=O) groups excluding carboxylic acids is 3. The molecule has 0 unspecified atom stereocenters. The molecular formula is C27H24ClN3O3. The van der Waals surface area contributed by atoms with Gasteiger partial charge in [0.2, 0.25) is 0 Å². The van der Waals surface area contributed by atoms with Gasteiger partial charge in [-0.2, -0.15) is 0 Å². The third-order valence-corrected chi connectivity index (χ3v) is 5.87. The van der Waals surface area contributed by atoms with Gasteiger partial charge in [-0.3, -0.25) is 19.3 Å². The molecule has 3 amide bonds. The second-order valence-electron chi connectivity index (χ2n) is 7.88. The maximum Gasteiger partial charge on any atom is 0.278 e. The van der Waals surface area contributed by atoms with Crippen LogP contribution in [0.15, 0.2) is 95.7 Å². The second-order valence-corrected chi connectivity index (χ2v) is 8.26. The number of imide groups is 1. The van der Waals surface area contributed by atoms with Crippen molar-refractivity contribution in [3.05, 3.63) is 112 Å². The van der Waals surface area contributed by atoms with Gasteiger partial charge in [-0.05, 0) is 42.2 Å². The Bertz CT molecular complexity index is 1230. The van der Waals surface area contributed by atoms with E-state index in [-0.39, 0.29) is 23.2 Å². The molecule has 34 heavy (non-hydrogen) atoms. The maximum atomic E-state index is 12.9. The zero-order valence-corrected chi connectivity index (χ0v) is 19.2. The zero-order chi connectivity index (χ0) is 23.9. The van der Waals surface area contributed by atoms with Gasteiger partial charge in [-0.15, -0.1) is 0 Å². The molecule has 0 atom stereocenters. The van der Waals surface area contributed by atoms with E-state index in [1.165, 1.54) is 0 Å². The van der Waals surface area contributed by atoms with Crippen molar-refractivity contribution in [3.8, 4) is 0 Å². The van der Waals surface area contributed by atoms with Crippen LogP contribution in [0.25, 0.3) is 0 Å². The minimum atomic E-state index is -0.528. The Labute approximate surface area is 203 Å². The summed E-state index contributed by atoms with van der Waals surface area (Å²) >= 11 is 6.20. The number of anilines is 1. The number of carbonyl (C=O) groups is 3. The molecule has 1 heterocycles. The van der Waals surface area contributed by atoms with E-state index in [0.29, 0.717) is 24.2 Å². The minimum Gasteiger partial charge on any atom is -0.352 e. The van der Waals surface area contributed by atoms with Gasteiger partial charge in [-0.25, -0.2) is 0 Å². The number of hydrogen-bond donors (Lipinski definition) is 2.